The van der Waals surface area contributed by atoms with Gasteiger partial charge >= 0.3 is 7.12 Å². The fourth-order valence-corrected chi connectivity index (χ4v) is 16.4. The summed E-state index contributed by atoms with van der Waals surface area (Å²) in [4.78, 5) is 0. The molecule has 97 heavy (non-hydrogen) atoms. The summed E-state index contributed by atoms with van der Waals surface area (Å²) in [5.74, 6) is 0. The van der Waals surface area contributed by atoms with E-state index >= 15 is 0 Å². The van der Waals surface area contributed by atoms with Crippen LogP contribution in [0.5, 0.6) is 0 Å². The average molecular weight is 1370 g/mol. The molecule has 0 heterocycles. The maximum Gasteiger partial charge on any atom is 0.489 e. The first-order valence-corrected chi connectivity index (χ1v) is 34.4. The van der Waals surface area contributed by atoms with E-state index in [1.165, 1.54) is 141 Å². The molecule has 0 aliphatic heterocycles. The molecule has 0 aromatic heterocycles. The van der Waals surface area contributed by atoms with E-state index in [1.54, 1.807) is 0 Å². The Labute approximate surface area is 579 Å². The lowest BCUT2D eigenvalue weighted by atomic mass is 9.72. The zero-order valence-corrected chi connectivity index (χ0v) is 55.8. The Morgan fingerprint density at radius 3 is 0.608 bits per heavy atom. The van der Waals surface area contributed by atoms with Gasteiger partial charge in [0.25, 0.3) is 0 Å². The first-order chi connectivity index (χ1) is 47.9. The van der Waals surface area contributed by atoms with E-state index in [2.05, 4.69) is 311 Å². The van der Waals surface area contributed by atoms with E-state index < -0.39 is 7.12 Å². The third kappa shape index (κ3) is 10.3. The van der Waals surface area contributed by atoms with Crippen molar-refractivity contribution in [2.75, 3.05) is 0 Å². The van der Waals surface area contributed by atoms with Gasteiger partial charge < -0.3 is 10.0 Å². The van der Waals surface area contributed by atoms with Crippen molar-refractivity contribution in [3.8, 4) is 55.6 Å². The van der Waals surface area contributed by atoms with Gasteiger partial charge in [-0.3, -0.25) is 0 Å². The van der Waals surface area contributed by atoms with Crippen molar-refractivity contribution in [3.05, 3.63) is 355 Å². The van der Waals surface area contributed by atoms with Crippen LogP contribution in [-0.4, -0.2) is 17.2 Å². The molecule has 0 saturated heterocycles. The van der Waals surface area contributed by atoms with Gasteiger partial charge in [-0.25, -0.2) is 0 Å². The van der Waals surface area contributed by atoms with Gasteiger partial charge in [-0.1, -0.05) is 366 Å². The number of fused-ring (bicyclic) bond motifs is 11. The summed E-state index contributed by atoms with van der Waals surface area (Å²) in [6.45, 7) is 0. The largest absolute Gasteiger partial charge is 0.489 e. The van der Waals surface area contributed by atoms with Crippen LogP contribution >= 0.6 is 31.9 Å². The summed E-state index contributed by atoms with van der Waals surface area (Å²) in [5.41, 5.74) is 13.0. The molecule has 0 amide bonds. The van der Waals surface area contributed by atoms with Crippen LogP contribution in [0, 0.1) is 0 Å². The highest BCUT2D eigenvalue weighted by Crippen LogP contribution is 2.51. The summed E-state index contributed by atoms with van der Waals surface area (Å²) in [6, 6.07) is 124. The molecular weight excluding hydrogens is 1310 g/mol. The number of hydrogen-bond donors (Lipinski definition) is 2. The molecule has 19 aromatic carbocycles. The number of rotatable bonds is 6. The molecule has 0 atom stereocenters. The second-order valence-corrected chi connectivity index (χ2v) is 26.5. The Morgan fingerprint density at radius 2 is 0.351 bits per heavy atom. The van der Waals surface area contributed by atoms with Crippen molar-refractivity contribution in [1.29, 1.82) is 0 Å². The van der Waals surface area contributed by atoms with Crippen molar-refractivity contribution in [1.82, 2.24) is 0 Å². The third-order valence-corrected chi connectivity index (χ3v) is 20.9. The van der Waals surface area contributed by atoms with E-state index in [4.69, 9.17) is 0 Å². The molecule has 0 aliphatic carbocycles. The Bertz CT molecular complexity index is 5890. The summed E-state index contributed by atoms with van der Waals surface area (Å²) in [7, 11) is -1.53. The van der Waals surface area contributed by atoms with Crippen LogP contribution in [-0.2, 0) is 0 Å². The molecule has 0 fully saturated rings. The molecule has 456 valence electrons. The molecule has 0 bridgehead atoms. The predicted octanol–water partition coefficient (Wildman–Crippen LogP) is 25.3. The SMILES string of the molecule is Brc1ccc(Br)c2ccccc12.OB(O)c1c2ccccc2c(-c2cccc3ccccc23)c2ccccc12.c1ccc2c(-c3c4ccccc4c(-c4ccc(-c5c6ccccc6c(-c6cccc7ccccc67)c6ccccc56)c5ccccc45)c4ccccc34)cccc2c1. The number of hydrogen-bond acceptors (Lipinski definition) is 2. The molecule has 0 radical (unpaired) electrons. The van der Waals surface area contributed by atoms with Crippen LogP contribution in [0.4, 0.5) is 0 Å². The number of benzene rings is 19. The third-order valence-electron chi connectivity index (χ3n) is 19.6. The first kappa shape index (κ1) is 59.7. The van der Waals surface area contributed by atoms with Gasteiger partial charge in [0.05, 0.1) is 0 Å². The molecule has 0 unspecified atom stereocenters. The summed E-state index contributed by atoms with van der Waals surface area (Å²) in [5, 5.41) is 46.5. The minimum Gasteiger partial charge on any atom is -0.423 e. The standard InChI is InChI=1S/C58H36.C24H17BO2.C10H6Br2/c1-3-21-39-37(17-1)19-15-33-43(39)55-45-25-7-11-29-49(45)57(50-30-12-8-26-46(50)55)53-35-36-54(42-24-6-5-23-41(42)53)58-51-31-13-9-27-47(51)56(48-28-10-14-32-52(48)58)44-34-16-20-38-18-2-4-22-40(38)44;26-25(27)24-21-13-5-3-11-19(21)23(20-12-4-6-14-22(20)24)18-15-7-9-16-8-1-2-10-17(16)18;11-9-5-6-10(12)8-4-2-1-3-7(8)9/h1-36H;1-15,26-27H;1-6H. The van der Waals surface area contributed by atoms with Crippen molar-refractivity contribution in [3.63, 3.8) is 0 Å². The highest BCUT2D eigenvalue weighted by Gasteiger charge is 2.25. The lowest BCUT2D eigenvalue weighted by Gasteiger charge is -2.22. The van der Waals surface area contributed by atoms with Crippen LogP contribution in [0.2, 0.25) is 0 Å². The summed E-state index contributed by atoms with van der Waals surface area (Å²) >= 11 is 7.02. The first-order valence-electron chi connectivity index (χ1n) is 32.8. The quantitative estimate of drug-likeness (QED) is 0.129. The van der Waals surface area contributed by atoms with Crippen LogP contribution < -0.4 is 5.46 Å². The Balaban J connectivity index is 0.000000148. The van der Waals surface area contributed by atoms with Gasteiger partial charge in [-0.15, -0.1) is 0 Å². The van der Waals surface area contributed by atoms with Crippen LogP contribution in [0.3, 0.4) is 0 Å². The van der Waals surface area contributed by atoms with Gasteiger partial charge in [0.1, 0.15) is 0 Å². The van der Waals surface area contributed by atoms with E-state index in [-0.39, 0.29) is 0 Å². The smallest absolute Gasteiger partial charge is 0.423 e. The topological polar surface area (TPSA) is 40.5 Å². The molecule has 2 N–H and O–H groups in total. The highest BCUT2D eigenvalue weighted by atomic mass is 79.9. The van der Waals surface area contributed by atoms with Gasteiger partial charge in [0, 0.05) is 8.95 Å². The van der Waals surface area contributed by atoms with Crippen molar-refractivity contribution >= 4 is 163 Å². The molecule has 19 rings (SSSR count). The predicted molar refractivity (Wildman–Crippen MR) is 424 cm³/mol. The molecule has 5 heteroatoms. The van der Waals surface area contributed by atoms with Gasteiger partial charge in [-0.05, 0) is 192 Å². The zero-order valence-electron chi connectivity index (χ0n) is 52.6. The van der Waals surface area contributed by atoms with E-state index in [9.17, 15) is 10.0 Å². The maximum atomic E-state index is 10.1. The minimum absolute atomic E-state index is 0.560. The van der Waals surface area contributed by atoms with E-state index in [1.807, 2.05) is 66.7 Å². The molecule has 0 saturated carbocycles. The monoisotopic (exact) mass is 1360 g/mol. The zero-order chi connectivity index (χ0) is 65.1. The lowest BCUT2D eigenvalue weighted by molar-refractivity contribution is 0.426. The Morgan fingerprint density at radius 1 is 0.165 bits per heavy atom. The summed E-state index contributed by atoms with van der Waals surface area (Å²) < 4.78 is 2.28. The minimum atomic E-state index is -1.53. The van der Waals surface area contributed by atoms with Crippen molar-refractivity contribution in [2.45, 2.75) is 0 Å². The second-order valence-electron chi connectivity index (χ2n) is 24.8. The molecule has 0 aliphatic rings. The average Bonchev–Trinajstić information content (AvgIpc) is 0.779. The molecule has 0 spiro atoms. The molecule has 19 aromatic rings. The fraction of sp³-hybridized carbons (Fsp3) is 0. The summed E-state index contributed by atoms with van der Waals surface area (Å²) in [6.07, 6.45) is 0. The highest BCUT2D eigenvalue weighted by molar-refractivity contribution is 9.11. The van der Waals surface area contributed by atoms with Gasteiger partial charge in [0.15, 0.2) is 0 Å². The van der Waals surface area contributed by atoms with E-state index in [0.29, 0.717) is 5.46 Å². The van der Waals surface area contributed by atoms with Crippen LogP contribution in [0.1, 0.15) is 0 Å². The fourth-order valence-electron chi connectivity index (χ4n) is 15.4. The van der Waals surface area contributed by atoms with Crippen LogP contribution in [0.25, 0.3) is 174 Å². The maximum absolute atomic E-state index is 10.1. The number of halogens is 2. The van der Waals surface area contributed by atoms with Gasteiger partial charge in [0.2, 0.25) is 0 Å². The van der Waals surface area contributed by atoms with Crippen LogP contribution in [0.15, 0.2) is 355 Å². The van der Waals surface area contributed by atoms with E-state index in [0.717, 1.165) is 41.6 Å². The molecular formula is C92H59BBr2O2. The van der Waals surface area contributed by atoms with Gasteiger partial charge in [-0.2, -0.15) is 0 Å². The lowest BCUT2D eigenvalue weighted by Crippen LogP contribution is -2.31. The Kier molecular flexibility index (Phi) is 15.6. The van der Waals surface area contributed by atoms with Crippen molar-refractivity contribution in [2.24, 2.45) is 0 Å². The molecule has 2 nitrogen and oxygen atoms in total. The normalized spacial score (nSPS) is 11.5. The second kappa shape index (κ2) is 25.3. The Hall–Kier alpha value is -11.0. The van der Waals surface area contributed by atoms with Crippen molar-refractivity contribution < 1.29 is 10.0 Å².